The second kappa shape index (κ2) is 9.97. The van der Waals surface area contributed by atoms with Crippen LogP contribution in [0.15, 0.2) is 41.2 Å². The maximum absolute atomic E-state index is 12.7. The highest BCUT2D eigenvalue weighted by Gasteiger charge is 2.17. The Morgan fingerprint density at radius 3 is 2.52 bits per heavy atom. The molecule has 0 fully saturated rings. The first kappa shape index (κ1) is 19.2. The number of carbonyl (C=O) groups excluding carboxylic acids is 1. The average Bonchev–Trinajstić information content (AvgIpc) is 2.61. The maximum atomic E-state index is 12.7. The fraction of sp³-hybridized carbons (Fsp3) is 0.455. The number of rotatable bonds is 10. The van der Waals surface area contributed by atoms with Crippen LogP contribution in [-0.2, 0) is 6.42 Å². The van der Waals surface area contributed by atoms with Crippen LogP contribution in [0.3, 0.4) is 0 Å². The molecule has 1 aromatic heterocycles. The van der Waals surface area contributed by atoms with Gasteiger partial charge in [-0.3, -0.25) is 9.59 Å². The summed E-state index contributed by atoms with van der Waals surface area (Å²) in [6.07, 6.45) is 11.7. The average molecular weight is 339 g/mol. The highest BCUT2D eigenvalue weighted by atomic mass is 16.1. The molecule has 0 spiro atoms. The molecule has 0 saturated heterocycles. The summed E-state index contributed by atoms with van der Waals surface area (Å²) in [7, 11) is 0. The van der Waals surface area contributed by atoms with E-state index in [0.29, 0.717) is 5.56 Å². The van der Waals surface area contributed by atoms with Gasteiger partial charge < -0.3 is 4.98 Å². The van der Waals surface area contributed by atoms with E-state index in [1.807, 2.05) is 30.3 Å². The molecule has 3 nitrogen and oxygen atoms in total. The van der Waals surface area contributed by atoms with Crippen LogP contribution in [0.1, 0.15) is 74.7 Å². The van der Waals surface area contributed by atoms with Gasteiger partial charge in [0.25, 0.3) is 5.56 Å². The number of ketones is 1. The van der Waals surface area contributed by atoms with Crippen LogP contribution in [0.4, 0.5) is 0 Å². The third-order valence-corrected chi connectivity index (χ3v) is 4.55. The first-order chi connectivity index (χ1) is 12.2. The van der Waals surface area contributed by atoms with Gasteiger partial charge in [-0.05, 0) is 43.4 Å². The van der Waals surface area contributed by atoms with Crippen LogP contribution in [0.25, 0.3) is 10.9 Å². The van der Waals surface area contributed by atoms with Crippen molar-refractivity contribution in [1.82, 2.24) is 4.98 Å². The largest absolute Gasteiger partial charge is 0.321 e. The fourth-order valence-corrected chi connectivity index (χ4v) is 3.17. The Morgan fingerprint density at radius 1 is 1.04 bits per heavy atom. The molecule has 0 unspecified atom stereocenters. The van der Waals surface area contributed by atoms with Crippen LogP contribution < -0.4 is 5.56 Å². The van der Waals surface area contributed by atoms with Gasteiger partial charge in [-0.15, -0.1) is 0 Å². The van der Waals surface area contributed by atoms with Crippen molar-refractivity contribution in [2.24, 2.45) is 0 Å². The number of aromatic amines is 1. The minimum Gasteiger partial charge on any atom is -0.321 e. The molecule has 25 heavy (non-hydrogen) atoms. The summed E-state index contributed by atoms with van der Waals surface area (Å²) in [6.45, 7) is 4.31. The Hall–Kier alpha value is -2.16. The molecule has 0 radical (unpaired) electrons. The van der Waals surface area contributed by atoms with E-state index in [-0.39, 0.29) is 11.3 Å². The van der Waals surface area contributed by atoms with Crippen molar-refractivity contribution in [1.29, 1.82) is 0 Å². The molecule has 1 N–H and O–H groups in total. The summed E-state index contributed by atoms with van der Waals surface area (Å²) in [4.78, 5) is 28.1. The number of pyridine rings is 1. The van der Waals surface area contributed by atoms with E-state index in [0.717, 1.165) is 67.8 Å². The smallest absolute Gasteiger partial charge is 0.259 e. The van der Waals surface area contributed by atoms with Crippen LogP contribution in [-0.4, -0.2) is 10.8 Å². The molecule has 0 atom stereocenters. The first-order valence-electron chi connectivity index (χ1n) is 9.53. The lowest BCUT2D eigenvalue weighted by atomic mass is 9.95. The Bertz CT molecular complexity index is 786. The summed E-state index contributed by atoms with van der Waals surface area (Å²) in [5.74, 6) is -0.171. The molecule has 3 heteroatoms. The number of benzene rings is 1. The Balaban J connectivity index is 2.36. The number of hydrogen-bond donors (Lipinski definition) is 1. The van der Waals surface area contributed by atoms with Gasteiger partial charge >= 0.3 is 0 Å². The monoisotopic (exact) mass is 339 g/mol. The molecule has 0 aliphatic rings. The quantitative estimate of drug-likeness (QED) is 0.349. The van der Waals surface area contributed by atoms with Crippen LogP contribution in [0.2, 0.25) is 0 Å². The zero-order valence-corrected chi connectivity index (χ0v) is 15.4. The summed E-state index contributed by atoms with van der Waals surface area (Å²) in [5.41, 5.74) is 1.76. The molecule has 1 aromatic carbocycles. The number of H-pyrrole nitrogens is 1. The lowest BCUT2D eigenvalue weighted by molar-refractivity contribution is 0.104. The molecule has 1 heterocycles. The zero-order valence-electron chi connectivity index (χ0n) is 15.4. The van der Waals surface area contributed by atoms with E-state index in [2.05, 4.69) is 18.8 Å². The van der Waals surface area contributed by atoms with E-state index >= 15 is 0 Å². The summed E-state index contributed by atoms with van der Waals surface area (Å²) in [6, 6.07) is 7.76. The maximum Gasteiger partial charge on any atom is 0.259 e. The standard InChI is InChI=1S/C22H29NO2/c1-3-5-7-8-10-16-20(24)21-18(14-9-6-4-2)17-13-11-12-15-19(17)23-22(21)25/h10-13,15-16H,3-9,14H2,1-2H3,(H,23,25). The zero-order chi connectivity index (χ0) is 18.1. The van der Waals surface area contributed by atoms with Crippen molar-refractivity contribution in [3.63, 3.8) is 0 Å². The van der Waals surface area contributed by atoms with Crippen molar-refractivity contribution in [2.45, 2.75) is 65.2 Å². The predicted molar refractivity (Wildman–Crippen MR) is 105 cm³/mol. The number of hydrogen-bond acceptors (Lipinski definition) is 2. The summed E-state index contributed by atoms with van der Waals surface area (Å²) >= 11 is 0. The lowest BCUT2D eigenvalue weighted by Crippen LogP contribution is -2.20. The van der Waals surface area contributed by atoms with Crippen LogP contribution in [0.5, 0.6) is 0 Å². The van der Waals surface area contributed by atoms with Gasteiger partial charge in [0.15, 0.2) is 5.78 Å². The predicted octanol–water partition coefficient (Wildman–Crippen LogP) is 5.58. The number of fused-ring (bicyclic) bond motifs is 1. The van der Waals surface area contributed by atoms with E-state index in [1.165, 1.54) is 0 Å². The number of para-hydroxylation sites is 1. The Morgan fingerprint density at radius 2 is 1.76 bits per heavy atom. The Kier molecular flexibility index (Phi) is 7.65. The highest BCUT2D eigenvalue weighted by Crippen LogP contribution is 2.21. The molecule has 0 saturated carbocycles. The minimum absolute atomic E-state index is 0.171. The number of aromatic nitrogens is 1. The molecule has 0 bridgehead atoms. The van der Waals surface area contributed by atoms with Gasteiger partial charge in [-0.1, -0.05) is 63.8 Å². The minimum atomic E-state index is -0.270. The highest BCUT2D eigenvalue weighted by molar-refractivity contribution is 6.07. The molecule has 0 aliphatic carbocycles. The van der Waals surface area contributed by atoms with Crippen molar-refractivity contribution < 1.29 is 4.79 Å². The van der Waals surface area contributed by atoms with Gasteiger partial charge in [0.05, 0.1) is 5.56 Å². The number of allylic oxidation sites excluding steroid dienone is 2. The number of unbranched alkanes of at least 4 members (excludes halogenated alkanes) is 5. The van der Waals surface area contributed by atoms with Crippen LogP contribution in [0, 0.1) is 0 Å². The van der Waals surface area contributed by atoms with Crippen molar-refractivity contribution in [2.75, 3.05) is 0 Å². The topological polar surface area (TPSA) is 49.9 Å². The van der Waals surface area contributed by atoms with E-state index in [4.69, 9.17) is 0 Å². The SMILES string of the molecule is CCCCCC=CC(=O)c1c(CCCCC)c2ccccc2[nH]c1=O. The molecule has 134 valence electrons. The first-order valence-corrected chi connectivity index (χ1v) is 9.53. The normalized spacial score (nSPS) is 11.4. The number of aryl methyl sites for hydroxylation is 1. The second-order valence-corrected chi connectivity index (χ2v) is 6.57. The molecule has 2 aromatic rings. The Labute approximate surface area is 150 Å². The number of carbonyl (C=O) groups is 1. The van der Waals surface area contributed by atoms with Crippen molar-refractivity contribution in [3.05, 3.63) is 57.9 Å². The third-order valence-electron chi connectivity index (χ3n) is 4.55. The van der Waals surface area contributed by atoms with Gasteiger partial charge in [0.2, 0.25) is 0 Å². The van der Waals surface area contributed by atoms with Crippen LogP contribution >= 0.6 is 0 Å². The lowest BCUT2D eigenvalue weighted by Gasteiger charge is -2.10. The van der Waals surface area contributed by atoms with Crippen molar-refractivity contribution in [3.8, 4) is 0 Å². The third kappa shape index (κ3) is 5.15. The van der Waals surface area contributed by atoms with Gasteiger partial charge in [-0.2, -0.15) is 0 Å². The molecular weight excluding hydrogens is 310 g/mol. The van der Waals surface area contributed by atoms with Gasteiger partial charge in [-0.25, -0.2) is 0 Å². The second-order valence-electron chi connectivity index (χ2n) is 6.57. The molecular formula is C22H29NO2. The molecule has 0 aliphatic heterocycles. The van der Waals surface area contributed by atoms with E-state index in [9.17, 15) is 9.59 Å². The number of nitrogens with one attached hydrogen (secondary N) is 1. The fourth-order valence-electron chi connectivity index (χ4n) is 3.17. The van der Waals surface area contributed by atoms with Crippen molar-refractivity contribution >= 4 is 16.7 Å². The van der Waals surface area contributed by atoms with Gasteiger partial charge in [0.1, 0.15) is 0 Å². The van der Waals surface area contributed by atoms with E-state index in [1.54, 1.807) is 6.08 Å². The summed E-state index contributed by atoms with van der Waals surface area (Å²) in [5, 5.41) is 0.987. The summed E-state index contributed by atoms with van der Waals surface area (Å²) < 4.78 is 0. The molecule has 2 rings (SSSR count). The van der Waals surface area contributed by atoms with E-state index < -0.39 is 0 Å². The van der Waals surface area contributed by atoms with Gasteiger partial charge in [0, 0.05) is 10.9 Å². The molecule has 0 amide bonds.